The highest BCUT2D eigenvalue weighted by atomic mass is 19.1. The van der Waals surface area contributed by atoms with Crippen molar-refractivity contribution >= 4 is 23.4 Å². The first-order valence-corrected chi connectivity index (χ1v) is 10.4. The number of nitriles is 1. The molecule has 1 atom stereocenters. The molecule has 1 aromatic carbocycles. The predicted molar refractivity (Wildman–Crippen MR) is 114 cm³/mol. The van der Waals surface area contributed by atoms with Gasteiger partial charge >= 0.3 is 6.09 Å². The van der Waals surface area contributed by atoms with Gasteiger partial charge in [0.2, 0.25) is 11.7 Å². The number of piperazine rings is 1. The van der Waals surface area contributed by atoms with E-state index in [9.17, 15) is 14.0 Å². The Kier molecular flexibility index (Phi) is 6.28. The van der Waals surface area contributed by atoms with Crippen molar-refractivity contribution in [3.05, 3.63) is 47.7 Å². The van der Waals surface area contributed by atoms with Crippen molar-refractivity contribution in [3.63, 3.8) is 0 Å². The van der Waals surface area contributed by atoms with Gasteiger partial charge in [-0.1, -0.05) is 0 Å². The molecule has 0 bridgehead atoms. The van der Waals surface area contributed by atoms with Crippen molar-refractivity contribution in [1.82, 2.24) is 10.2 Å². The zero-order valence-electron chi connectivity index (χ0n) is 17.7. The maximum atomic E-state index is 14.9. The van der Waals surface area contributed by atoms with E-state index in [0.717, 1.165) is 18.8 Å². The number of carbonyl (C=O) groups excluding carboxylic acids is 2. The van der Waals surface area contributed by atoms with Crippen LogP contribution in [-0.2, 0) is 16.1 Å². The average molecular weight is 441 g/mol. The Morgan fingerprint density at radius 2 is 2.03 bits per heavy atom. The SMILES string of the molecule is CC(=O)NC[C@H]1CN(c2ccc(N3CCN(Cc4ccc(C#N)o4)CC3)c(F)c2)C(=O)O1. The molecule has 4 rings (SSSR count). The van der Waals surface area contributed by atoms with Crippen LogP contribution in [0.25, 0.3) is 0 Å². The first-order chi connectivity index (χ1) is 15.4. The van der Waals surface area contributed by atoms with Gasteiger partial charge in [-0.2, -0.15) is 5.26 Å². The highest BCUT2D eigenvalue weighted by Gasteiger charge is 2.33. The standard InChI is InChI=1S/C22H24FN5O4/c1-15(29)25-12-19-14-28(22(30)32-19)16-2-5-21(20(23)10-16)27-8-6-26(7-9-27)13-18-4-3-17(11-24)31-18/h2-5,10,19H,6-9,12-14H2,1H3,(H,25,29)/t19-/m0/s1. The van der Waals surface area contributed by atoms with Gasteiger partial charge in [0, 0.05) is 33.1 Å². The van der Waals surface area contributed by atoms with E-state index in [2.05, 4.69) is 10.2 Å². The fraction of sp³-hybridized carbons (Fsp3) is 0.409. The second-order valence-electron chi connectivity index (χ2n) is 7.83. The molecule has 1 N–H and O–H groups in total. The van der Waals surface area contributed by atoms with E-state index in [1.807, 2.05) is 11.0 Å². The summed E-state index contributed by atoms with van der Waals surface area (Å²) < 4.78 is 25.6. The first kappa shape index (κ1) is 21.6. The van der Waals surface area contributed by atoms with E-state index in [0.29, 0.717) is 36.8 Å². The van der Waals surface area contributed by atoms with E-state index in [1.165, 1.54) is 17.9 Å². The molecule has 2 fully saturated rings. The quantitative estimate of drug-likeness (QED) is 0.732. The number of halogens is 1. The van der Waals surface area contributed by atoms with Crippen LogP contribution >= 0.6 is 0 Å². The number of hydrogen-bond acceptors (Lipinski definition) is 7. The maximum Gasteiger partial charge on any atom is 0.414 e. The Labute approximate surface area is 184 Å². The van der Waals surface area contributed by atoms with Gasteiger partial charge in [0.05, 0.1) is 31.0 Å². The number of nitrogens with zero attached hydrogens (tertiary/aromatic N) is 4. The lowest BCUT2D eigenvalue weighted by atomic mass is 10.2. The molecule has 0 unspecified atom stereocenters. The number of ether oxygens (including phenoxy) is 1. The molecule has 0 spiro atoms. The van der Waals surface area contributed by atoms with Gasteiger partial charge in [0.25, 0.3) is 0 Å². The second kappa shape index (κ2) is 9.28. The minimum Gasteiger partial charge on any atom is -0.449 e. The average Bonchev–Trinajstić information content (AvgIpc) is 3.39. The summed E-state index contributed by atoms with van der Waals surface area (Å²) >= 11 is 0. The summed E-state index contributed by atoms with van der Waals surface area (Å²) in [7, 11) is 0. The van der Waals surface area contributed by atoms with Gasteiger partial charge in [0.1, 0.15) is 23.8 Å². The van der Waals surface area contributed by atoms with E-state index < -0.39 is 18.0 Å². The van der Waals surface area contributed by atoms with E-state index in [-0.39, 0.29) is 19.0 Å². The van der Waals surface area contributed by atoms with Crippen molar-refractivity contribution < 1.29 is 23.1 Å². The molecule has 2 amide bonds. The minimum absolute atomic E-state index is 0.203. The Bertz CT molecular complexity index is 1040. The molecule has 2 aliphatic heterocycles. The normalized spacial score (nSPS) is 19.0. The van der Waals surface area contributed by atoms with Crippen molar-refractivity contribution in [2.45, 2.75) is 19.6 Å². The van der Waals surface area contributed by atoms with Gasteiger partial charge < -0.3 is 19.4 Å². The van der Waals surface area contributed by atoms with Crippen LogP contribution in [0.1, 0.15) is 18.4 Å². The summed E-state index contributed by atoms with van der Waals surface area (Å²) in [5.41, 5.74) is 0.909. The van der Waals surface area contributed by atoms with Gasteiger partial charge in [-0.25, -0.2) is 9.18 Å². The van der Waals surface area contributed by atoms with E-state index >= 15 is 0 Å². The molecule has 2 aliphatic rings. The molecule has 2 saturated heterocycles. The lowest BCUT2D eigenvalue weighted by Crippen LogP contribution is -2.46. The van der Waals surface area contributed by atoms with E-state index in [4.69, 9.17) is 14.4 Å². The molecule has 9 nitrogen and oxygen atoms in total. The molecule has 32 heavy (non-hydrogen) atoms. The summed E-state index contributed by atoms with van der Waals surface area (Å²) in [5, 5.41) is 11.5. The molecule has 2 aromatic rings. The Hall–Kier alpha value is -3.58. The van der Waals surface area contributed by atoms with Crippen LogP contribution in [0.3, 0.4) is 0 Å². The van der Waals surface area contributed by atoms with Gasteiger partial charge in [-0.05, 0) is 30.3 Å². The topological polar surface area (TPSA) is 102 Å². The maximum absolute atomic E-state index is 14.9. The van der Waals surface area contributed by atoms with Crippen molar-refractivity contribution in [3.8, 4) is 6.07 Å². The summed E-state index contributed by atoms with van der Waals surface area (Å²) in [6, 6.07) is 10.2. The van der Waals surface area contributed by atoms with Crippen LogP contribution in [0.5, 0.6) is 0 Å². The first-order valence-electron chi connectivity index (χ1n) is 10.4. The summed E-state index contributed by atoms with van der Waals surface area (Å²) in [5.74, 6) is 0.425. The number of cyclic esters (lactones) is 1. The highest BCUT2D eigenvalue weighted by Crippen LogP contribution is 2.28. The zero-order valence-corrected chi connectivity index (χ0v) is 17.7. The van der Waals surface area contributed by atoms with Crippen LogP contribution in [0, 0.1) is 17.1 Å². The zero-order chi connectivity index (χ0) is 22.7. The predicted octanol–water partition coefficient (Wildman–Crippen LogP) is 2.07. The van der Waals surface area contributed by atoms with Gasteiger partial charge in [0.15, 0.2) is 0 Å². The second-order valence-corrected chi connectivity index (χ2v) is 7.83. The molecule has 3 heterocycles. The van der Waals surface area contributed by atoms with Crippen molar-refractivity contribution in [1.29, 1.82) is 5.26 Å². The van der Waals surface area contributed by atoms with Crippen LogP contribution in [0.15, 0.2) is 34.7 Å². The Morgan fingerprint density at radius 1 is 1.25 bits per heavy atom. The van der Waals surface area contributed by atoms with Crippen LogP contribution in [0.2, 0.25) is 0 Å². The third kappa shape index (κ3) is 4.84. The number of nitrogens with one attached hydrogen (secondary N) is 1. The van der Waals surface area contributed by atoms with Gasteiger partial charge in [-0.15, -0.1) is 0 Å². The fourth-order valence-corrected chi connectivity index (χ4v) is 3.91. The number of anilines is 2. The van der Waals surface area contributed by atoms with Crippen LogP contribution in [0.4, 0.5) is 20.6 Å². The Balaban J connectivity index is 1.34. The molecule has 10 heteroatoms. The largest absolute Gasteiger partial charge is 0.449 e. The third-order valence-electron chi connectivity index (χ3n) is 5.56. The van der Waals surface area contributed by atoms with E-state index in [1.54, 1.807) is 24.3 Å². The van der Waals surface area contributed by atoms with Crippen molar-refractivity contribution in [2.24, 2.45) is 0 Å². The number of amides is 2. The summed E-state index contributed by atoms with van der Waals surface area (Å²) in [6.07, 6.45) is -1.03. The fourth-order valence-electron chi connectivity index (χ4n) is 3.91. The Morgan fingerprint density at radius 3 is 2.69 bits per heavy atom. The summed E-state index contributed by atoms with van der Waals surface area (Å²) in [6.45, 7) is 5.21. The number of furan rings is 1. The summed E-state index contributed by atoms with van der Waals surface area (Å²) in [4.78, 5) is 28.8. The smallest absolute Gasteiger partial charge is 0.414 e. The molecular weight excluding hydrogens is 417 g/mol. The van der Waals surface area contributed by atoms with Crippen LogP contribution < -0.4 is 15.1 Å². The van der Waals surface area contributed by atoms with Crippen LogP contribution in [-0.4, -0.2) is 62.3 Å². The monoisotopic (exact) mass is 441 g/mol. The lowest BCUT2D eigenvalue weighted by Gasteiger charge is -2.36. The lowest BCUT2D eigenvalue weighted by molar-refractivity contribution is -0.119. The molecule has 168 valence electrons. The number of benzene rings is 1. The number of carbonyl (C=O) groups is 2. The molecule has 0 aliphatic carbocycles. The highest BCUT2D eigenvalue weighted by molar-refractivity contribution is 5.90. The molecule has 1 aromatic heterocycles. The molecule has 0 radical (unpaired) electrons. The number of hydrogen-bond donors (Lipinski definition) is 1. The van der Waals surface area contributed by atoms with Crippen molar-refractivity contribution in [2.75, 3.05) is 49.1 Å². The third-order valence-corrected chi connectivity index (χ3v) is 5.56. The number of rotatable bonds is 6. The minimum atomic E-state index is -0.557. The van der Waals surface area contributed by atoms with Gasteiger partial charge in [-0.3, -0.25) is 14.6 Å². The molecular formula is C22H24FN5O4. The molecule has 0 saturated carbocycles.